The number of nitrogens with one attached hydrogen (secondary N) is 1. The van der Waals surface area contributed by atoms with Crippen LogP contribution in [-0.4, -0.2) is 76.0 Å². The number of fused-ring (bicyclic) bond motifs is 1. The van der Waals surface area contributed by atoms with Gasteiger partial charge in [-0.1, -0.05) is 158 Å². The smallest absolute Gasteiger partial charge is 0.355 e. The highest BCUT2D eigenvalue weighted by atomic mass is 32.1. The lowest BCUT2D eigenvalue weighted by atomic mass is 9.81. The van der Waals surface area contributed by atoms with Gasteiger partial charge in [0.05, 0.1) is 22.2 Å². The molecule has 0 aliphatic carbocycles. The van der Waals surface area contributed by atoms with Gasteiger partial charge in [0.2, 0.25) is 5.13 Å². The van der Waals surface area contributed by atoms with Crippen LogP contribution in [0.5, 0.6) is 0 Å². The zero-order valence-electron chi connectivity index (χ0n) is 40.4. The zero-order chi connectivity index (χ0) is 47.2. The maximum absolute atomic E-state index is 11.9. The first-order chi connectivity index (χ1) is 30.6. The minimum atomic E-state index is -2.52. The van der Waals surface area contributed by atoms with Crippen molar-refractivity contribution in [1.29, 1.82) is 0 Å². The van der Waals surface area contributed by atoms with Crippen LogP contribution in [0.3, 0.4) is 0 Å². The molecule has 1 aliphatic heterocycles. The number of benzene rings is 3. The number of hydrogen-bond acceptors (Lipinski definition) is 10. The molecule has 3 heterocycles. The SMILES string of the molecule is CC(C)(C)C(CCCCC1C(=Nc2nc(C(=O)O)cs2)NN=C(N=c2sc3ccccc3n2COCC[Si](C)(C)C)C1(C)O[Si](C)(C)C(C)(C)C)O[Si](c1ccccc1)c1ccccc1. The number of aliphatic imine (C=N–C) groups is 1. The average molecular weight is 971 g/mol. The van der Waals surface area contributed by atoms with Crippen LogP contribution >= 0.6 is 22.7 Å². The monoisotopic (exact) mass is 969 g/mol. The first-order valence-electron chi connectivity index (χ1n) is 22.7. The molecule has 0 saturated carbocycles. The maximum atomic E-state index is 11.9. The molecule has 0 bridgehead atoms. The highest BCUT2D eigenvalue weighted by Gasteiger charge is 2.52. The van der Waals surface area contributed by atoms with Gasteiger partial charge in [0.15, 0.2) is 24.6 Å². The van der Waals surface area contributed by atoms with Crippen LogP contribution in [-0.2, 0) is 20.3 Å². The number of thiazole rings is 2. The number of carbonyl (C=O) groups is 1. The molecule has 1 aliphatic rings. The van der Waals surface area contributed by atoms with Crippen LogP contribution < -0.4 is 20.6 Å². The fraction of sp³-hybridized carbons (Fsp3) is 0.490. The summed E-state index contributed by atoms with van der Waals surface area (Å²) in [6.45, 7) is 28.3. The number of aromatic nitrogens is 2. The Balaban J connectivity index is 1.39. The number of ether oxygens (including phenoxy) is 1. The molecule has 65 heavy (non-hydrogen) atoms. The van der Waals surface area contributed by atoms with Crippen molar-refractivity contribution >= 4 is 91.5 Å². The van der Waals surface area contributed by atoms with E-state index in [1.54, 1.807) is 11.3 Å². The topological polar surface area (TPSA) is 132 Å². The van der Waals surface area contributed by atoms with E-state index in [-0.39, 0.29) is 28.2 Å². The van der Waals surface area contributed by atoms with Crippen LogP contribution in [0.2, 0.25) is 43.8 Å². The van der Waals surface area contributed by atoms with E-state index >= 15 is 0 Å². The second-order valence-electron chi connectivity index (χ2n) is 20.9. The Labute approximate surface area is 398 Å². The minimum absolute atomic E-state index is 0.00228. The molecule has 3 aromatic carbocycles. The molecule has 16 heteroatoms. The summed E-state index contributed by atoms with van der Waals surface area (Å²) in [6, 6.07) is 30.7. The van der Waals surface area contributed by atoms with Crippen molar-refractivity contribution < 1.29 is 23.5 Å². The summed E-state index contributed by atoms with van der Waals surface area (Å²) in [5.41, 5.74) is 3.19. The molecule has 3 atom stereocenters. The van der Waals surface area contributed by atoms with E-state index in [1.807, 2.05) is 0 Å². The number of para-hydroxylation sites is 1. The number of amidine groups is 2. The van der Waals surface area contributed by atoms with Gasteiger partial charge in [0.25, 0.3) is 9.04 Å². The van der Waals surface area contributed by atoms with Gasteiger partial charge in [-0.05, 0) is 71.9 Å². The van der Waals surface area contributed by atoms with Gasteiger partial charge in [-0.2, -0.15) is 5.10 Å². The summed E-state index contributed by atoms with van der Waals surface area (Å²) in [5, 5.41) is 18.9. The third-order valence-electron chi connectivity index (χ3n) is 12.4. The molecule has 3 unspecified atom stereocenters. The van der Waals surface area contributed by atoms with Crippen molar-refractivity contribution in [3.8, 4) is 0 Å². The molecule has 2 N–H and O–H groups in total. The molecular formula is C49H69N6O5S2Si3. The molecule has 0 fully saturated rings. The maximum Gasteiger partial charge on any atom is 0.355 e. The number of hydrogen-bond donors (Lipinski definition) is 2. The quantitative estimate of drug-likeness (QED) is 0.0660. The molecule has 1 radical (unpaired) electrons. The van der Waals surface area contributed by atoms with Crippen molar-refractivity contribution in [1.82, 2.24) is 15.0 Å². The molecule has 11 nitrogen and oxygen atoms in total. The van der Waals surface area contributed by atoms with Crippen molar-refractivity contribution in [2.24, 2.45) is 26.4 Å². The highest BCUT2D eigenvalue weighted by molar-refractivity contribution is 7.16. The Hall–Kier alpha value is -3.88. The lowest BCUT2D eigenvalue weighted by Gasteiger charge is -2.48. The van der Waals surface area contributed by atoms with Crippen LogP contribution in [0.15, 0.2) is 105 Å². The first-order valence-corrected chi connectivity index (χ1v) is 32.4. The molecule has 0 saturated heterocycles. The second-order valence-corrected chi connectivity index (χ2v) is 35.2. The van der Waals surface area contributed by atoms with Gasteiger partial charge in [-0.3, -0.25) is 9.99 Å². The number of rotatable bonds is 18. The summed E-state index contributed by atoms with van der Waals surface area (Å²) in [4.78, 5) is 27.5. The summed E-state index contributed by atoms with van der Waals surface area (Å²) in [7, 11) is -5.34. The summed E-state index contributed by atoms with van der Waals surface area (Å²) >= 11 is 2.81. The summed E-state index contributed by atoms with van der Waals surface area (Å²) in [5.74, 6) is -0.305. The lowest BCUT2D eigenvalue weighted by molar-refractivity contribution is 0.0691. The number of carboxylic acids is 1. The summed E-state index contributed by atoms with van der Waals surface area (Å²) < 4.78 is 24.5. The first kappa shape index (κ1) is 50.5. The Morgan fingerprint density at radius 1 is 0.923 bits per heavy atom. The van der Waals surface area contributed by atoms with Gasteiger partial charge in [0.1, 0.15) is 18.2 Å². The van der Waals surface area contributed by atoms with Crippen molar-refractivity contribution in [3.05, 3.63) is 101 Å². The number of nitrogens with zero attached hydrogens (tertiary/aromatic N) is 5. The number of aromatic carboxylic acids is 1. The van der Waals surface area contributed by atoms with Gasteiger partial charge in [-0.15, -0.1) is 11.3 Å². The van der Waals surface area contributed by atoms with Crippen LogP contribution in [0.4, 0.5) is 5.13 Å². The van der Waals surface area contributed by atoms with E-state index in [9.17, 15) is 9.90 Å². The molecular weight excluding hydrogens is 901 g/mol. The molecule has 0 amide bonds. The van der Waals surface area contributed by atoms with Crippen LogP contribution in [0.1, 0.15) is 84.6 Å². The van der Waals surface area contributed by atoms with Crippen molar-refractivity contribution in [3.63, 3.8) is 0 Å². The van der Waals surface area contributed by atoms with Crippen molar-refractivity contribution in [2.45, 2.75) is 136 Å². The molecule has 2 aromatic heterocycles. The fourth-order valence-corrected chi connectivity index (χ4v) is 13.9. The normalized spacial score (nSPS) is 18.9. The molecule has 349 valence electrons. The van der Waals surface area contributed by atoms with E-state index in [0.29, 0.717) is 36.6 Å². The number of carboxylic acid groups (broad SMARTS) is 1. The second kappa shape index (κ2) is 21.0. The lowest BCUT2D eigenvalue weighted by Crippen LogP contribution is -2.61. The Morgan fingerprint density at radius 3 is 2.14 bits per heavy atom. The molecule has 5 aromatic rings. The minimum Gasteiger partial charge on any atom is -0.476 e. The Bertz CT molecular complexity index is 2460. The van der Waals surface area contributed by atoms with E-state index < -0.39 is 37.0 Å². The van der Waals surface area contributed by atoms with Gasteiger partial charge in [0, 0.05) is 20.1 Å². The Kier molecular flexibility index (Phi) is 16.3. The molecule has 0 spiro atoms. The van der Waals surface area contributed by atoms with Gasteiger partial charge >= 0.3 is 5.97 Å². The fourth-order valence-electron chi connectivity index (χ4n) is 7.51. The highest BCUT2D eigenvalue weighted by Crippen LogP contribution is 2.44. The van der Waals surface area contributed by atoms with Gasteiger partial charge in [-0.25, -0.2) is 19.8 Å². The average Bonchev–Trinajstić information content (AvgIpc) is 3.85. The predicted octanol–water partition coefficient (Wildman–Crippen LogP) is 10.9. The number of unbranched alkanes of at least 4 members (excludes halogenated alkanes) is 1. The van der Waals surface area contributed by atoms with Crippen molar-refractivity contribution in [2.75, 3.05) is 6.61 Å². The van der Waals surface area contributed by atoms with Gasteiger partial charge < -0.3 is 18.7 Å². The molecule has 6 rings (SSSR count). The zero-order valence-corrected chi connectivity index (χ0v) is 45.0. The van der Waals surface area contributed by atoms with E-state index in [4.69, 9.17) is 28.7 Å². The van der Waals surface area contributed by atoms with E-state index in [2.05, 4.69) is 181 Å². The third kappa shape index (κ3) is 13.0. The number of hydrazone groups is 1. The van der Waals surface area contributed by atoms with Crippen LogP contribution in [0, 0.1) is 11.3 Å². The largest absolute Gasteiger partial charge is 0.476 e. The third-order valence-corrected chi connectivity index (χ3v) is 22.7. The van der Waals surface area contributed by atoms with E-state index in [1.165, 1.54) is 27.1 Å². The standard InChI is InChI=1S/C49H69N6O5S2Si3/c1-47(2,3)41(59-63(35-23-15-13-16-24-35)36-25-17-14-18-26-36)30-22-19-27-37-42(51-45-50-38(33-61-45)43(56)57)53-54-44(49(37,7)60-65(11,12)48(4,5)6)52-46-55(34-58-31-32-64(8,9)10)39-28-20-21-29-40(39)62-46/h13-18,20-21,23-26,28-29,33,37,41H,19,22,27,30-32,34H2,1-12H3,(H,56,57)(H,50,51,53). The Morgan fingerprint density at radius 2 is 1.55 bits per heavy atom. The van der Waals surface area contributed by atoms with E-state index in [0.717, 1.165) is 40.3 Å². The van der Waals surface area contributed by atoms with Crippen LogP contribution in [0.25, 0.3) is 10.2 Å². The summed E-state index contributed by atoms with van der Waals surface area (Å²) in [6.07, 6.45) is 3.30. The predicted molar refractivity (Wildman–Crippen MR) is 277 cm³/mol.